The lowest BCUT2D eigenvalue weighted by Crippen LogP contribution is -2.49. The number of nitrogens with zero attached hydrogens (tertiary/aromatic N) is 3. The Bertz CT molecular complexity index is 978. The third kappa shape index (κ3) is 4.88. The summed E-state index contributed by atoms with van der Waals surface area (Å²) in [6, 6.07) is 15.2. The van der Waals surface area contributed by atoms with E-state index in [0.717, 1.165) is 29.7 Å². The molecule has 2 aliphatic heterocycles. The second-order valence-electron chi connectivity index (χ2n) is 8.16. The Morgan fingerprint density at radius 3 is 2.56 bits per heavy atom. The molecule has 1 fully saturated rings. The summed E-state index contributed by atoms with van der Waals surface area (Å²) in [5.41, 5.74) is 2.60. The van der Waals surface area contributed by atoms with Crippen molar-refractivity contribution < 1.29 is 18.7 Å². The van der Waals surface area contributed by atoms with Crippen LogP contribution in [0.5, 0.6) is 0 Å². The summed E-state index contributed by atoms with van der Waals surface area (Å²) in [5.74, 6) is -0.772. The minimum absolute atomic E-state index is 0.0900. The van der Waals surface area contributed by atoms with Gasteiger partial charge < -0.3 is 4.74 Å². The molecule has 1 saturated heterocycles. The molecule has 0 saturated carbocycles. The fourth-order valence-electron chi connectivity index (χ4n) is 4.42. The monoisotopic (exact) mass is 437 g/mol. The second-order valence-corrected chi connectivity index (χ2v) is 8.16. The van der Waals surface area contributed by atoms with Gasteiger partial charge in [-0.1, -0.05) is 48.9 Å². The number of esters is 1. The second kappa shape index (κ2) is 10.0. The van der Waals surface area contributed by atoms with Crippen molar-refractivity contribution in [2.45, 2.75) is 44.7 Å². The summed E-state index contributed by atoms with van der Waals surface area (Å²) in [4.78, 5) is 27.7. The first-order valence-electron chi connectivity index (χ1n) is 11.2. The quantitative estimate of drug-likeness (QED) is 0.643. The Labute approximate surface area is 187 Å². The first-order valence-corrected chi connectivity index (χ1v) is 11.2. The minimum Gasteiger partial charge on any atom is -0.465 e. The lowest BCUT2D eigenvalue weighted by Gasteiger charge is -2.34. The summed E-state index contributed by atoms with van der Waals surface area (Å²) in [7, 11) is 0. The molecular formula is C25H28FN3O3. The van der Waals surface area contributed by atoms with E-state index in [1.54, 1.807) is 19.1 Å². The number of carbonyl (C=O) groups is 2. The van der Waals surface area contributed by atoms with E-state index in [9.17, 15) is 14.0 Å². The van der Waals surface area contributed by atoms with E-state index in [2.05, 4.69) is 5.10 Å². The molecule has 1 amide bonds. The largest absolute Gasteiger partial charge is 0.465 e. The van der Waals surface area contributed by atoms with Crippen molar-refractivity contribution in [1.82, 2.24) is 9.91 Å². The Morgan fingerprint density at radius 1 is 1.09 bits per heavy atom. The van der Waals surface area contributed by atoms with Gasteiger partial charge in [0.05, 0.1) is 24.9 Å². The molecule has 0 bridgehead atoms. The Hall–Kier alpha value is -3.06. The molecule has 32 heavy (non-hydrogen) atoms. The summed E-state index contributed by atoms with van der Waals surface area (Å²) in [6.45, 7) is 2.86. The molecule has 168 valence electrons. The van der Waals surface area contributed by atoms with Gasteiger partial charge in [0, 0.05) is 6.42 Å². The minimum atomic E-state index is -0.405. The Balaban J connectivity index is 1.58. The van der Waals surface area contributed by atoms with Crippen LogP contribution in [0.25, 0.3) is 0 Å². The predicted molar refractivity (Wildman–Crippen MR) is 119 cm³/mol. The van der Waals surface area contributed by atoms with E-state index in [1.807, 2.05) is 35.2 Å². The molecule has 7 heteroatoms. The number of benzene rings is 2. The van der Waals surface area contributed by atoms with Gasteiger partial charge in [-0.15, -0.1) is 0 Å². The Morgan fingerprint density at radius 2 is 1.84 bits per heavy atom. The standard InChI is InChI=1S/C25H28FN3O3/c1-2-32-25(31)22-10-6-7-15-28(22)17-24(30)29-23(19-11-13-20(26)14-12-19)16-21(27-29)18-8-4-3-5-9-18/h3-5,8-9,11-14,22-23H,2,6-7,10,15-17H2,1H3. The highest BCUT2D eigenvalue weighted by molar-refractivity contribution is 6.03. The topological polar surface area (TPSA) is 62.2 Å². The fraction of sp³-hybridized carbons (Fsp3) is 0.400. The maximum absolute atomic E-state index is 13.5. The number of carbonyl (C=O) groups excluding carboxylic acids is 2. The van der Waals surface area contributed by atoms with Gasteiger partial charge in [0.15, 0.2) is 0 Å². The number of rotatable bonds is 6. The molecule has 2 aliphatic rings. The van der Waals surface area contributed by atoms with Crippen LogP contribution in [-0.2, 0) is 14.3 Å². The number of hydrazone groups is 1. The number of hydrogen-bond acceptors (Lipinski definition) is 5. The molecule has 0 aromatic heterocycles. The normalized spacial score (nSPS) is 21.3. The zero-order valence-corrected chi connectivity index (χ0v) is 18.2. The lowest BCUT2D eigenvalue weighted by atomic mass is 9.98. The number of likely N-dealkylation sites (tertiary alicyclic amines) is 1. The number of amides is 1. The molecule has 6 nitrogen and oxygen atoms in total. The predicted octanol–water partition coefficient (Wildman–Crippen LogP) is 3.92. The van der Waals surface area contributed by atoms with Crippen LogP contribution in [0.4, 0.5) is 4.39 Å². The van der Waals surface area contributed by atoms with Crippen LogP contribution in [0.1, 0.15) is 49.8 Å². The van der Waals surface area contributed by atoms with Gasteiger partial charge in [-0.3, -0.25) is 14.5 Å². The van der Waals surface area contributed by atoms with E-state index in [0.29, 0.717) is 26.0 Å². The lowest BCUT2D eigenvalue weighted by molar-refractivity contribution is -0.152. The van der Waals surface area contributed by atoms with Crippen molar-refractivity contribution in [1.29, 1.82) is 0 Å². The molecule has 2 atom stereocenters. The third-order valence-corrected chi connectivity index (χ3v) is 6.04. The highest BCUT2D eigenvalue weighted by Crippen LogP contribution is 2.33. The summed E-state index contributed by atoms with van der Waals surface area (Å²) in [6.07, 6.45) is 3.10. The number of hydrogen-bond donors (Lipinski definition) is 0. The maximum atomic E-state index is 13.5. The summed E-state index contributed by atoms with van der Waals surface area (Å²) < 4.78 is 18.7. The van der Waals surface area contributed by atoms with Crippen molar-refractivity contribution in [3.05, 3.63) is 71.5 Å². The van der Waals surface area contributed by atoms with Gasteiger partial charge in [-0.2, -0.15) is 5.10 Å². The van der Waals surface area contributed by atoms with Gasteiger partial charge in [-0.05, 0) is 49.6 Å². The van der Waals surface area contributed by atoms with Crippen LogP contribution >= 0.6 is 0 Å². The molecule has 0 spiro atoms. The molecular weight excluding hydrogens is 409 g/mol. The van der Waals surface area contributed by atoms with E-state index in [4.69, 9.17) is 4.74 Å². The van der Waals surface area contributed by atoms with E-state index >= 15 is 0 Å². The van der Waals surface area contributed by atoms with Gasteiger partial charge >= 0.3 is 5.97 Å². The highest BCUT2D eigenvalue weighted by Gasteiger charge is 2.37. The molecule has 0 N–H and O–H groups in total. The van der Waals surface area contributed by atoms with Crippen molar-refractivity contribution in [3.8, 4) is 0 Å². The van der Waals surface area contributed by atoms with E-state index < -0.39 is 6.04 Å². The van der Waals surface area contributed by atoms with Crippen molar-refractivity contribution in [2.75, 3.05) is 19.7 Å². The van der Waals surface area contributed by atoms with Crippen molar-refractivity contribution in [3.63, 3.8) is 0 Å². The average molecular weight is 438 g/mol. The molecule has 2 aromatic carbocycles. The number of halogens is 1. The first-order chi connectivity index (χ1) is 15.6. The molecule has 0 radical (unpaired) electrons. The van der Waals surface area contributed by atoms with E-state index in [-0.39, 0.29) is 30.3 Å². The first kappa shape index (κ1) is 22.1. The zero-order valence-electron chi connectivity index (χ0n) is 18.2. The molecule has 4 rings (SSSR count). The summed E-state index contributed by atoms with van der Waals surface area (Å²) in [5, 5.41) is 6.18. The molecule has 2 heterocycles. The Kier molecular flexibility index (Phi) is 6.95. The number of ether oxygens (including phenoxy) is 1. The van der Waals surface area contributed by atoms with Crippen LogP contribution in [0.3, 0.4) is 0 Å². The van der Waals surface area contributed by atoms with Crippen LogP contribution in [-0.4, -0.2) is 53.2 Å². The van der Waals surface area contributed by atoms with E-state index in [1.165, 1.54) is 17.1 Å². The SMILES string of the molecule is CCOC(=O)C1CCCCN1CC(=O)N1N=C(c2ccccc2)CC1c1ccc(F)cc1. The van der Waals surface area contributed by atoms with Gasteiger partial charge in [0.1, 0.15) is 11.9 Å². The smallest absolute Gasteiger partial charge is 0.323 e. The number of piperidine rings is 1. The van der Waals surface area contributed by atoms with Crippen LogP contribution in [0.15, 0.2) is 59.7 Å². The van der Waals surface area contributed by atoms with Crippen molar-refractivity contribution >= 4 is 17.6 Å². The van der Waals surface area contributed by atoms with Crippen LogP contribution < -0.4 is 0 Å². The van der Waals surface area contributed by atoms with Crippen molar-refractivity contribution in [2.24, 2.45) is 5.10 Å². The summed E-state index contributed by atoms with van der Waals surface area (Å²) >= 11 is 0. The molecule has 2 aromatic rings. The van der Waals surface area contributed by atoms with Crippen LogP contribution in [0, 0.1) is 5.82 Å². The fourth-order valence-corrected chi connectivity index (χ4v) is 4.42. The highest BCUT2D eigenvalue weighted by atomic mass is 19.1. The molecule has 0 aliphatic carbocycles. The van der Waals surface area contributed by atoms with Gasteiger partial charge in [0.2, 0.25) is 0 Å². The van der Waals surface area contributed by atoms with Gasteiger partial charge in [-0.25, -0.2) is 9.40 Å². The zero-order chi connectivity index (χ0) is 22.5. The maximum Gasteiger partial charge on any atom is 0.323 e. The van der Waals surface area contributed by atoms with Crippen LogP contribution in [0.2, 0.25) is 0 Å². The third-order valence-electron chi connectivity index (χ3n) is 6.04. The molecule has 2 unspecified atom stereocenters. The van der Waals surface area contributed by atoms with Gasteiger partial charge in [0.25, 0.3) is 5.91 Å². The average Bonchev–Trinajstić information content (AvgIpc) is 3.26.